The Morgan fingerprint density at radius 3 is 3.08 bits per heavy atom. The zero-order valence-corrected chi connectivity index (χ0v) is 7.95. The first kappa shape index (κ1) is 8.51. The summed E-state index contributed by atoms with van der Waals surface area (Å²) in [5.41, 5.74) is 9.33. The van der Waals surface area contributed by atoms with Gasteiger partial charge in [-0.15, -0.1) is 0 Å². The molecule has 70 valence electrons. The molecule has 0 aliphatic heterocycles. The van der Waals surface area contributed by atoms with Crippen LogP contribution in [0.4, 0.5) is 0 Å². The summed E-state index contributed by atoms with van der Waals surface area (Å²) < 4.78 is 1.84. The predicted octanol–water partition coefficient (Wildman–Crippen LogP) is 1.45. The molecule has 1 aromatic heterocycles. The van der Waals surface area contributed by atoms with Gasteiger partial charge in [0.25, 0.3) is 0 Å². The lowest BCUT2D eigenvalue weighted by Gasteiger charge is -1.99. The standard InChI is InChI=1S/C10H15N3/c1-13-7-9(10(6-11)12-13)8-4-2-3-5-8/h4,7H,2-3,5-6,11H2,1H3. The Kier molecular flexibility index (Phi) is 2.19. The number of hydrogen-bond donors (Lipinski definition) is 1. The molecule has 1 aromatic rings. The summed E-state index contributed by atoms with van der Waals surface area (Å²) in [6.45, 7) is 0.535. The third kappa shape index (κ3) is 1.52. The smallest absolute Gasteiger partial charge is 0.0835 e. The predicted molar refractivity (Wildman–Crippen MR) is 52.9 cm³/mol. The van der Waals surface area contributed by atoms with Crippen molar-refractivity contribution >= 4 is 5.57 Å². The fourth-order valence-corrected chi connectivity index (χ4v) is 1.87. The molecule has 13 heavy (non-hydrogen) atoms. The van der Waals surface area contributed by atoms with E-state index in [1.807, 2.05) is 11.7 Å². The first-order valence-electron chi connectivity index (χ1n) is 4.73. The number of allylic oxidation sites excluding steroid dienone is 2. The van der Waals surface area contributed by atoms with Crippen LogP contribution in [0, 0.1) is 0 Å². The Morgan fingerprint density at radius 2 is 2.46 bits per heavy atom. The Hall–Kier alpha value is -1.09. The highest BCUT2D eigenvalue weighted by Gasteiger charge is 2.13. The van der Waals surface area contributed by atoms with Crippen molar-refractivity contribution in [1.29, 1.82) is 0 Å². The van der Waals surface area contributed by atoms with Gasteiger partial charge < -0.3 is 5.73 Å². The van der Waals surface area contributed by atoms with Gasteiger partial charge in [0.15, 0.2) is 0 Å². The van der Waals surface area contributed by atoms with Crippen LogP contribution in [-0.4, -0.2) is 9.78 Å². The van der Waals surface area contributed by atoms with Gasteiger partial charge in [-0.2, -0.15) is 5.10 Å². The highest BCUT2D eigenvalue weighted by Crippen LogP contribution is 2.29. The summed E-state index contributed by atoms with van der Waals surface area (Å²) in [5, 5.41) is 4.32. The van der Waals surface area contributed by atoms with E-state index in [0.29, 0.717) is 6.54 Å². The van der Waals surface area contributed by atoms with Crippen molar-refractivity contribution in [3.63, 3.8) is 0 Å². The lowest BCUT2D eigenvalue weighted by Crippen LogP contribution is -2.00. The molecular formula is C10H15N3. The van der Waals surface area contributed by atoms with E-state index in [9.17, 15) is 0 Å². The molecular weight excluding hydrogens is 162 g/mol. The maximum absolute atomic E-state index is 5.63. The van der Waals surface area contributed by atoms with E-state index < -0.39 is 0 Å². The third-order valence-corrected chi connectivity index (χ3v) is 2.49. The number of aromatic nitrogens is 2. The van der Waals surface area contributed by atoms with E-state index in [0.717, 1.165) is 5.69 Å². The van der Waals surface area contributed by atoms with Crippen molar-refractivity contribution in [3.05, 3.63) is 23.5 Å². The highest BCUT2D eigenvalue weighted by atomic mass is 15.3. The summed E-state index contributed by atoms with van der Waals surface area (Å²) in [5.74, 6) is 0. The molecule has 0 saturated carbocycles. The number of hydrogen-bond acceptors (Lipinski definition) is 2. The third-order valence-electron chi connectivity index (χ3n) is 2.49. The first-order chi connectivity index (χ1) is 6.31. The van der Waals surface area contributed by atoms with E-state index >= 15 is 0 Å². The van der Waals surface area contributed by atoms with Gasteiger partial charge in [0.2, 0.25) is 0 Å². The van der Waals surface area contributed by atoms with Crippen LogP contribution in [0.2, 0.25) is 0 Å². The Labute approximate surface area is 78.2 Å². The van der Waals surface area contributed by atoms with E-state index in [1.54, 1.807) is 0 Å². The number of aryl methyl sites for hydroxylation is 1. The molecule has 0 aromatic carbocycles. The molecule has 2 rings (SSSR count). The van der Waals surface area contributed by atoms with Gasteiger partial charge in [-0.3, -0.25) is 4.68 Å². The fraction of sp³-hybridized carbons (Fsp3) is 0.500. The van der Waals surface area contributed by atoms with Crippen molar-refractivity contribution < 1.29 is 0 Å². The average Bonchev–Trinajstić information content (AvgIpc) is 2.71. The lowest BCUT2D eigenvalue weighted by atomic mass is 10.1. The number of nitrogens with two attached hydrogens (primary N) is 1. The van der Waals surface area contributed by atoms with Gasteiger partial charge in [0.05, 0.1) is 5.69 Å². The minimum atomic E-state index is 0.535. The van der Waals surface area contributed by atoms with Gasteiger partial charge in [-0.25, -0.2) is 0 Å². The minimum Gasteiger partial charge on any atom is -0.325 e. The molecule has 0 amide bonds. The topological polar surface area (TPSA) is 43.8 Å². The van der Waals surface area contributed by atoms with Crippen molar-refractivity contribution in [1.82, 2.24) is 9.78 Å². The molecule has 3 heteroatoms. The fourth-order valence-electron chi connectivity index (χ4n) is 1.87. The number of rotatable bonds is 2. The zero-order valence-electron chi connectivity index (χ0n) is 7.95. The van der Waals surface area contributed by atoms with E-state index in [2.05, 4.69) is 17.4 Å². The van der Waals surface area contributed by atoms with Crippen LogP contribution >= 0.6 is 0 Å². The van der Waals surface area contributed by atoms with Crippen LogP contribution in [0.25, 0.3) is 5.57 Å². The molecule has 0 atom stereocenters. The van der Waals surface area contributed by atoms with Gasteiger partial charge in [-0.05, 0) is 24.8 Å². The monoisotopic (exact) mass is 177 g/mol. The largest absolute Gasteiger partial charge is 0.325 e. The normalized spacial score (nSPS) is 16.3. The molecule has 0 unspecified atom stereocenters. The summed E-state index contributed by atoms with van der Waals surface area (Å²) in [6, 6.07) is 0. The second-order valence-electron chi connectivity index (χ2n) is 3.49. The van der Waals surface area contributed by atoms with Crippen molar-refractivity contribution in [2.24, 2.45) is 12.8 Å². The molecule has 0 fully saturated rings. The highest BCUT2D eigenvalue weighted by molar-refractivity contribution is 5.68. The van der Waals surface area contributed by atoms with Crippen LogP contribution in [0.3, 0.4) is 0 Å². The van der Waals surface area contributed by atoms with Crippen molar-refractivity contribution in [2.45, 2.75) is 25.8 Å². The molecule has 1 aliphatic carbocycles. The van der Waals surface area contributed by atoms with Crippen LogP contribution in [0.5, 0.6) is 0 Å². The molecule has 2 N–H and O–H groups in total. The lowest BCUT2D eigenvalue weighted by molar-refractivity contribution is 0.742. The SMILES string of the molecule is Cn1cc(C2=CCCC2)c(CN)n1. The molecule has 0 saturated heterocycles. The first-order valence-corrected chi connectivity index (χ1v) is 4.73. The quantitative estimate of drug-likeness (QED) is 0.743. The molecule has 0 radical (unpaired) electrons. The van der Waals surface area contributed by atoms with Crippen molar-refractivity contribution in [2.75, 3.05) is 0 Å². The van der Waals surface area contributed by atoms with Crippen LogP contribution in [0.1, 0.15) is 30.5 Å². The maximum atomic E-state index is 5.63. The summed E-state index contributed by atoms with van der Waals surface area (Å²) >= 11 is 0. The summed E-state index contributed by atoms with van der Waals surface area (Å²) in [7, 11) is 1.94. The minimum absolute atomic E-state index is 0.535. The van der Waals surface area contributed by atoms with Gasteiger partial charge in [-0.1, -0.05) is 6.08 Å². The van der Waals surface area contributed by atoms with Gasteiger partial charge >= 0.3 is 0 Å². The van der Waals surface area contributed by atoms with Crippen LogP contribution in [0.15, 0.2) is 12.3 Å². The van der Waals surface area contributed by atoms with E-state index in [1.165, 1.54) is 30.4 Å². The van der Waals surface area contributed by atoms with Crippen LogP contribution in [-0.2, 0) is 13.6 Å². The van der Waals surface area contributed by atoms with Crippen molar-refractivity contribution in [3.8, 4) is 0 Å². The molecule has 3 nitrogen and oxygen atoms in total. The molecule has 0 spiro atoms. The number of nitrogens with zero attached hydrogens (tertiary/aromatic N) is 2. The average molecular weight is 177 g/mol. The zero-order chi connectivity index (χ0) is 9.26. The van der Waals surface area contributed by atoms with Gasteiger partial charge in [0.1, 0.15) is 0 Å². The second kappa shape index (κ2) is 3.34. The summed E-state index contributed by atoms with van der Waals surface area (Å²) in [6.07, 6.45) is 8.02. The summed E-state index contributed by atoms with van der Waals surface area (Å²) in [4.78, 5) is 0. The molecule has 0 bridgehead atoms. The van der Waals surface area contributed by atoms with Gasteiger partial charge in [0, 0.05) is 25.4 Å². The second-order valence-corrected chi connectivity index (χ2v) is 3.49. The maximum Gasteiger partial charge on any atom is 0.0835 e. The Morgan fingerprint density at radius 1 is 1.62 bits per heavy atom. The Bertz CT molecular complexity index is 336. The van der Waals surface area contributed by atoms with Crippen LogP contribution < -0.4 is 5.73 Å². The Balaban J connectivity index is 2.37. The van der Waals surface area contributed by atoms with E-state index in [4.69, 9.17) is 5.73 Å². The molecule has 1 heterocycles. The molecule has 1 aliphatic rings. The van der Waals surface area contributed by atoms with E-state index in [-0.39, 0.29) is 0 Å².